The SMILES string of the molecule is CCC(O)(CC)CNC(=O)c1ccc(F)c(C(F)(F)F)c1. The quantitative estimate of drug-likeness (QED) is 0.821. The number of alkyl halides is 3. The molecule has 0 saturated carbocycles. The Morgan fingerprint density at radius 1 is 1.24 bits per heavy atom. The molecule has 1 aromatic carbocycles. The Kier molecular flexibility index (Phi) is 5.33. The predicted octanol–water partition coefficient (Wildman–Crippen LogP) is 3.13. The van der Waals surface area contributed by atoms with E-state index in [0.717, 1.165) is 6.07 Å². The van der Waals surface area contributed by atoms with Crippen molar-refractivity contribution in [3.63, 3.8) is 0 Å². The fourth-order valence-corrected chi connectivity index (χ4v) is 1.73. The number of amides is 1. The van der Waals surface area contributed by atoms with Crippen molar-refractivity contribution < 1.29 is 27.5 Å². The number of halogens is 4. The van der Waals surface area contributed by atoms with Crippen LogP contribution in [-0.4, -0.2) is 23.2 Å². The molecule has 1 amide bonds. The molecule has 0 aliphatic rings. The molecule has 7 heteroatoms. The second-order valence-corrected chi connectivity index (χ2v) is 4.81. The minimum Gasteiger partial charge on any atom is -0.388 e. The van der Waals surface area contributed by atoms with Gasteiger partial charge in [0.15, 0.2) is 0 Å². The van der Waals surface area contributed by atoms with E-state index in [0.29, 0.717) is 25.0 Å². The summed E-state index contributed by atoms with van der Waals surface area (Å²) in [6, 6.07) is 2.03. The average molecular weight is 307 g/mol. The van der Waals surface area contributed by atoms with E-state index in [1.54, 1.807) is 13.8 Å². The topological polar surface area (TPSA) is 49.3 Å². The van der Waals surface area contributed by atoms with Crippen molar-refractivity contribution in [2.75, 3.05) is 6.54 Å². The van der Waals surface area contributed by atoms with Crippen molar-refractivity contribution in [1.29, 1.82) is 0 Å². The molecule has 2 N–H and O–H groups in total. The fourth-order valence-electron chi connectivity index (χ4n) is 1.73. The molecular weight excluding hydrogens is 290 g/mol. The number of nitrogens with one attached hydrogen (secondary N) is 1. The Hall–Kier alpha value is -1.63. The molecule has 0 radical (unpaired) electrons. The van der Waals surface area contributed by atoms with Gasteiger partial charge in [-0.2, -0.15) is 13.2 Å². The monoisotopic (exact) mass is 307 g/mol. The van der Waals surface area contributed by atoms with E-state index in [4.69, 9.17) is 0 Å². The molecule has 0 fully saturated rings. The van der Waals surface area contributed by atoms with Crippen LogP contribution in [0.3, 0.4) is 0 Å². The first-order valence-corrected chi connectivity index (χ1v) is 6.50. The molecule has 0 aromatic heterocycles. The van der Waals surface area contributed by atoms with Gasteiger partial charge in [-0.05, 0) is 31.0 Å². The van der Waals surface area contributed by atoms with Crippen LogP contribution < -0.4 is 5.32 Å². The third-order valence-electron chi connectivity index (χ3n) is 3.43. The molecule has 0 saturated heterocycles. The second-order valence-electron chi connectivity index (χ2n) is 4.81. The van der Waals surface area contributed by atoms with E-state index in [1.807, 2.05) is 0 Å². The molecule has 0 atom stereocenters. The maximum atomic E-state index is 13.1. The van der Waals surface area contributed by atoms with Crippen LogP contribution in [0.15, 0.2) is 18.2 Å². The van der Waals surface area contributed by atoms with Gasteiger partial charge in [0.05, 0.1) is 11.2 Å². The van der Waals surface area contributed by atoms with Crippen LogP contribution in [0, 0.1) is 5.82 Å². The summed E-state index contributed by atoms with van der Waals surface area (Å²) in [4.78, 5) is 11.8. The van der Waals surface area contributed by atoms with Crippen molar-refractivity contribution >= 4 is 5.91 Å². The average Bonchev–Trinajstić information content (AvgIpc) is 2.43. The number of carbonyl (C=O) groups is 1. The lowest BCUT2D eigenvalue weighted by Crippen LogP contribution is -2.42. The molecule has 118 valence electrons. The van der Waals surface area contributed by atoms with Gasteiger partial charge in [-0.15, -0.1) is 0 Å². The lowest BCUT2D eigenvalue weighted by atomic mass is 9.97. The summed E-state index contributed by atoms with van der Waals surface area (Å²) in [5.41, 5.74) is -2.91. The van der Waals surface area contributed by atoms with Gasteiger partial charge in [-0.1, -0.05) is 13.8 Å². The molecule has 0 unspecified atom stereocenters. The third-order valence-corrected chi connectivity index (χ3v) is 3.43. The van der Waals surface area contributed by atoms with E-state index in [2.05, 4.69) is 5.32 Å². The van der Waals surface area contributed by atoms with Crippen LogP contribution in [0.4, 0.5) is 17.6 Å². The van der Waals surface area contributed by atoms with Crippen LogP contribution in [0.2, 0.25) is 0 Å². The maximum Gasteiger partial charge on any atom is 0.419 e. The second kappa shape index (κ2) is 6.43. The lowest BCUT2D eigenvalue weighted by Gasteiger charge is -2.25. The molecule has 0 spiro atoms. The number of carbonyl (C=O) groups excluding carboxylic acids is 1. The van der Waals surface area contributed by atoms with Gasteiger partial charge in [0.25, 0.3) is 5.91 Å². The first-order valence-electron chi connectivity index (χ1n) is 6.50. The Bertz CT molecular complexity index is 510. The molecule has 1 aromatic rings. The van der Waals surface area contributed by atoms with Gasteiger partial charge >= 0.3 is 6.18 Å². The Morgan fingerprint density at radius 2 is 1.81 bits per heavy atom. The number of rotatable bonds is 5. The molecule has 0 aliphatic heterocycles. The first-order chi connectivity index (χ1) is 9.63. The lowest BCUT2D eigenvalue weighted by molar-refractivity contribution is -0.140. The number of hydrogen-bond donors (Lipinski definition) is 2. The number of aliphatic hydroxyl groups is 1. The summed E-state index contributed by atoms with van der Waals surface area (Å²) >= 11 is 0. The van der Waals surface area contributed by atoms with Crippen molar-refractivity contribution in [3.05, 3.63) is 35.1 Å². The highest BCUT2D eigenvalue weighted by molar-refractivity contribution is 5.94. The Balaban J connectivity index is 2.89. The minimum atomic E-state index is -4.87. The standard InChI is InChI=1S/C14H17F4NO2/c1-3-13(21,4-2)8-19-12(20)9-5-6-11(15)10(7-9)14(16,17)18/h5-7,21H,3-4,8H2,1-2H3,(H,19,20). The van der Waals surface area contributed by atoms with Gasteiger partial charge in [-0.25, -0.2) is 4.39 Å². The summed E-state index contributed by atoms with van der Waals surface area (Å²) in [7, 11) is 0. The maximum absolute atomic E-state index is 13.1. The minimum absolute atomic E-state index is 0.0858. The predicted molar refractivity (Wildman–Crippen MR) is 69.3 cm³/mol. The highest BCUT2D eigenvalue weighted by Crippen LogP contribution is 2.31. The van der Waals surface area contributed by atoms with E-state index in [9.17, 15) is 27.5 Å². The molecular formula is C14H17F4NO2. The Morgan fingerprint density at radius 3 is 2.29 bits per heavy atom. The van der Waals surface area contributed by atoms with Gasteiger partial charge in [-0.3, -0.25) is 4.79 Å². The molecule has 0 aliphatic carbocycles. The van der Waals surface area contributed by atoms with Crippen molar-refractivity contribution in [3.8, 4) is 0 Å². The summed E-state index contributed by atoms with van der Waals surface area (Å²) in [5.74, 6) is -2.22. The zero-order chi connectivity index (χ0) is 16.3. The Labute approximate surface area is 120 Å². The molecule has 0 bridgehead atoms. The number of hydrogen-bond acceptors (Lipinski definition) is 2. The molecule has 0 heterocycles. The highest BCUT2D eigenvalue weighted by Gasteiger charge is 2.34. The molecule has 1 rings (SSSR count). The van der Waals surface area contributed by atoms with Crippen LogP contribution in [0.5, 0.6) is 0 Å². The van der Waals surface area contributed by atoms with Crippen LogP contribution in [-0.2, 0) is 6.18 Å². The zero-order valence-corrected chi connectivity index (χ0v) is 11.7. The van der Waals surface area contributed by atoms with Gasteiger partial charge in [0.2, 0.25) is 0 Å². The zero-order valence-electron chi connectivity index (χ0n) is 11.7. The van der Waals surface area contributed by atoms with Crippen molar-refractivity contribution in [1.82, 2.24) is 5.32 Å². The summed E-state index contributed by atoms with van der Waals surface area (Å²) < 4.78 is 50.8. The normalized spacial score (nSPS) is 12.3. The van der Waals surface area contributed by atoms with E-state index in [1.165, 1.54) is 0 Å². The van der Waals surface area contributed by atoms with Crippen molar-refractivity contribution in [2.24, 2.45) is 0 Å². The highest BCUT2D eigenvalue weighted by atomic mass is 19.4. The fraction of sp³-hybridized carbons (Fsp3) is 0.500. The van der Waals surface area contributed by atoms with Crippen LogP contribution in [0.25, 0.3) is 0 Å². The summed E-state index contributed by atoms with van der Waals surface area (Å²) in [6.45, 7) is 3.38. The third kappa shape index (κ3) is 4.42. The smallest absolute Gasteiger partial charge is 0.388 e. The number of benzene rings is 1. The van der Waals surface area contributed by atoms with E-state index in [-0.39, 0.29) is 12.1 Å². The van der Waals surface area contributed by atoms with E-state index >= 15 is 0 Å². The van der Waals surface area contributed by atoms with Gasteiger partial charge < -0.3 is 10.4 Å². The molecule has 21 heavy (non-hydrogen) atoms. The summed E-state index contributed by atoms with van der Waals surface area (Å²) in [5, 5.41) is 12.4. The summed E-state index contributed by atoms with van der Waals surface area (Å²) in [6.07, 6.45) is -4.09. The molecule has 3 nitrogen and oxygen atoms in total. The largest absolute Gasteiger partial charge is 0.419 e. The first kappa shape index (κ1) is 17.4. The van der Waals surface area contributed by atoms with Gasteiger partial charge in [0.1, 0.15) is 5.82 Å². The van der Waals surface area contributed by atoms with Crippen molar-refractivity contribution in [2.45, 2.75) is 38.5 Å². The van der Waals surface area contributed by atoms with Crippen LogP contribution in [0.1, 0.15) is 42.6 Å². The van der Waals surface area contributed by atoms with E-state index < -0.39 is 29.1 Å². The van der Waals surface area contributed by atoms with Crippen LogP contribution >= 0.6 is 0 Å². The van der Waals surface area contributed by atoms with Gasteiger partial charge in [0, 0.05) is 12.1 Å².